The van der Waals surface area contributed by atoms with Gasteiger partial charge in [-0.25, -0.2) is 4.39 Å². The molecule has 6 heteroatoms. The zero-order valence-corrected chi connectivity index (χ0v) is 10.9. The molecule has 1 aromatic carbocycles. The number of aromatic nitrogens is 2. The van der Waals surface area contributed by atoms with E-state index in [1.165, 1.54) is 17.0 Å². The van der Waals surface area contributed by atoms with E-state index in [1.54, 1.807) is 25.1 Å². The number of carbonyl (C=O) groups excluding carboxylic acids is 1. The minimum absolute atomic E-state index is 0.0280. The molecule has 1 amide bonds. The van der Waals surface area contributed by atoms with Crippen LogP contribution in [0.1, 0.15) is 17.4 Å². The number of H-pyrrole nitrogens is 1. The molecular weight excluding hydrogens is 259 g/mol. The van der Waals surface area contributed by atoms with E-state index in [0.717, 1.165) is 0 Å². The number of halogens is 1. The average molecular weight is 272 g/mol. The van der Waals surface area contributed by atoms with Crippen LogP contribution >= 0.6 is 0 Å². The van der Waals surface area contributed by atoms with E-state index in [2.05, 4.69) is 10.2 Å². The van der Waals surface area contributed by atoms with Gasteiger partial charge in [-0.3, -0.25) is 9.89 Å². The zero-order chi connectivity index (χ0) is 14.5. The minimum Gasteiger partial charge on any atom is -0.324 e. The van der Waals surface area contributed by atoms with Gasteiger partial charge in [-0.05, 0) is 37.3 Å². The molecule has 2 aromatic rings. The zero-order valence-electron chi connectivity index (χ0n) is 10.9. The number of carbonyl (C=O) groups is 1. The Balaban J connectivity index is 2.22. The molecule has 5 nitrogen and oxygen atoms in total. The molecule has 0 aliphatic rings. The minimum atomic E-state index is -0.327. The Bertz CT molecular complexity index is 642. The molecule has 20 heavy (non-hydrogen) atoms. The Morgan fingerprint density at radius 2 is 2.15 bits per heavy atom. The fraction of sp³-hybridized carbons (Fsp3) is 0.214. The Morgan fingerprint density at radius 3 is 2.75 bits per heavy atom. The number of benzene rings is 1. The third-order valence-electron chi connectivity index (χ3n) is 2.88. The molecule has 1 N–H and O–H groups in total. The third-order valence-corrected chi connectivity index (χ3v) is 2.88. The Kier molecular flexibility index (Phi) is 4.11. The van der Waals surface area contributed by atoms with E-state index in [4.69, 9.17) is 5.26 Å². The van der Waals surface area contributed by atoms with Crippen LogP contribution in [0.5, 0.6) is 0 Å². The molecule has 0 saturated heterocycles. The van der Waals surface area contributed by atoms with Crippen molar-refractivity contribution < 1.29 is 9.18 Å². The van der Waals surface area contributed by atoms with Crippen LogP contribution in [0, 0.1) is 17.1 Å². The number of nitrogens with zero attached hydrogens (tertiary/aromatic N) is 3. The van der Waals surface area contributed by atoms with Crippen LogP contribution < -0.4 is 0 Å². The molecule has 0 aliphatic heterocycles. The normalized spacial score (nSPS) is 10.1. The van der Waals surface area contributed by atoms with Crippen molar-refractivity contribution >= 4 is 5.91 Å². The molecule has 0 saturated carbocycles. The highest BCUT2D eigenvalue weighted by Crippen LogP contribution is 2.18. The largest absolute Gasteiger partial charge is 0.324 e. The molecule has 0 spiro atoms. The lowest BCUT2D eigenvalue weighted by Gasteiger charge is -2.15. The summed E-state index contributed by atoms with van der Waals surface area (Å²) in [6, 6.07) is 9.38. The van der Waals surface area contributed by atoms with Gasteiger partial charge in [-0.2, -0.15) is 10.4 Å². The quantitative estimate of drug-likeness (QED) is 0.867. The Morgan fingerprint density at radius 1 is 1.45 bits per heavy atom. The number of hydrogen-bond acceptors (Lipinski definition) is 3. The van der Waals surface area contributed by atoms with Gasteiger partial charge in [0, 0.05) is 12.1 Å². The molecule has 1 heterocycles. The number of nitrogens with one attached hydrogen (secondary N) is 1. The van der Waals surface area contributed by atoms with E-state index in [-0.39, 0.29) is 18.3 Å². The van der Waals surface area contributed by atoms with Crippen LogP contribution in [0.15, 0.2) is 30.3 Å². The van der Waals surface area contributed by atoms with Crippen molar-refractivity contribution in [1.29, 1.82) is 5.26 Å². The third kappa shape index (κ3) is 2.83. The number of aromatic amines is 1. The second kappa shape index (κ2) is 5.97. The van der Waals surface area contributed by atoms with Crippen LogP contribution in [0.3, 0.4) is 0 Å². The van der Waals surface area contributed by atoms with Gasteiger partial charge in [-0.15, -0.1) is 0 Å². The number of nitriles is 1. The molecule has 102 valence electrons. The van der Waals surface area contributed by atoms with Gasteiger partial charge in [0.1, 0.15) is 18.1 Å². The summed E-state index contributed by atoms with van der Waals surface area (Å²) in [5.74, 6) is -0.610. The number of rotatable bonds is 4. The standard InChI is InChI=1S/C14H13FN4O/c1-2-19(8-7-16)14(20)13-9-12(17-18-13)10-3-5-11(15)6-4-10/h3-6,9H,2,8H2,1H3,(H,17,18). The van der Waals surface area contributed by atoms with Crippen LogP contribution in [0.25, 0.3) is 11.3 Å². The van der Waals surface area contributed by atoms with E-state index in [0.29, 0.717) is 23.5 Å². The Hall–Kier alpha value is -2.68. The average Bonchev–Trinajstić information content (AvgIpc) is 2.94. The summed E-state index contributed by atoms with van der Waals surface area (Å²) in [7, 11) is 0. The lowest BCUT2D eigenvalue weighted by molar-refractivity contribution is 0.0778. The van der Waals surface area contributed by atoms with Crippen molar-refractivity contribution in [2.75, 3.05) is 13.1 Å². The summed E-state index contributed by atoms with van der Waals surface area (Å²) >= 11 is 0. The molecule has 0 fully saturated rings. The van der Waals surface area contributed by atoms with Gasteiger partial charge in [-0.1, -0.05) is 0 Å². The summed E-state index contributed by atoms with van der Waals surface area (Å²) in [5.41, 5.74) is 1.58. The summed E-state index contributed by atoms with van der Waals surface area (Å²) in [6.45, 7) is 2.27. The van der Waals surface area contributed by atoms with Crippen molar-refractivity contribution in [2.24, 2.45) is 0 Å². The maximum atomic E-state index is 12.9. The van der Waals surface area contributed by atoms with Crippen molar-refractivity contribution in [3.05, 3.63) is 41.8 Å². The lowest BCUT2D eigenvalue weighted by Crippen LogP contribution is -2.31. The second-order valence-corrected chi connectivity index (χ2v) is 4.15. The topological polar surface area (TPSA) is 72.8 Å². The van der Waals surface area contributed by atoms with Crippen molar-refractivity contribution in [3.63, 3.8) is 0 Å². The van der Waals surface area contributed by atoms with E-state index < -0.39 is 0 Å². The lowest BCUT2D eigenvalue weighted by atomic mass is 10.1. The molecule has 0 unspecified atom stereocenters. The van der Waals surface area contributed by atoms with Crippen molar-refractivity contribution in [2.45, 2.75) is 6.92 Å². The van der Waals surface area contributed by atoms with Gasteiger partial charge < -0.3 is 4.90 Å². The summed E-state index contributed by atoms with van der Waals surface area (Å²) in [5, 5.41) is 15.4. The first-order valence-corrected chi connectivity index (χ1v) is 6.13. The van der Waals surface area contributed by atoms with Crippen LogP contribution in [0.2, 0.25) is 0 Å². The molecular formula is C14H13FN4O. The first kappa shape index (κ1) is 13.7. The van der Waals surface area contributed by atoms with E-state index in [9.17, 15) is 9.18 Å². The smallest absolute Gasteiger partial charge is 0.272 e. The second-order valence-electron chi connectivity index (χ2n) is 4.15. The summed E-state index contributed by atoms with van der Waals surface area (Å²) in [6.07, 6.45) is 0. The predicted molar refractivity (Wildman–Crippen MR) is 71.2 cm³/mol. The number of amides is 1. The van der Waals surface area contributed by atoms with Crippen molar-refractivity contribution in [3.8, 4) is 17.3 Å². The van der Waals surface area contributed by atoms with Gasteiger partial charge in [0.15, 0.2) is 0 Å². The van der Waals surface area contributed by atoms with Crippen LogP contribution in [-0.2, 0) is 0 Å². The SMILES string of the molecule is CCN(CC#N)C(=O)c1cc(-c2ccc(F)cc2)n[nH]1. The maximum Gasteiger partial charge on any atom is 0.272 e. The monoisotopic (exact) mass is 272 g/mol. The highest BCUT2D eigenvalue weighted by atomic mass is 19.1. The van der Waals surface area contributed by atoms with Gasteiger partial charge in [0.2, 0.25) is 0 Å². The predicted octanol–water partition coefficient (Wildman–Crippen LogP) is 2.20. The molecule has 0 aliphatic carbocycles. The first-order valence-electron chi connectivity index (χ1n) is 6.13. The summed E-state index contributed by atoms with van der Waals surface area (Å²) < 4.78 is 12.9. The molecule has 0 radical (unpaired) electrons. The number of hydrogen-bond donors (Lipinski definition) is 1. The fourth-order valence-electron chi connectivity index (χ4n) is 1.78. The van der Waals surface area contributed by atoms with Gasteiger partial charge >= 0.3 is 0 Å². The molecule has 2 rings (SSSR count). The van der Waals surface area contributed by atoms with E-state index in [1.807, 2.05) is 6.07 Å². The van der Waals surface area contributed by atoms with Gasteiger partial charge in [0.05, 0.1) is 11.8 Å². The Labute approximate surface area is 115 Å². The van der Waals surface area contributed by atoms with Crippen LogP contribution in [0.4, 0.5) is 4.39 Å². The first-order chi connectivity index (χ1) is 9.65. The molecule has 0 atom stereocenters. The highest BCUT2D eigenvalue weighted by Gasteiger charge is 2.16. The molecule has 0 bridgehead atoms. The summed E-state index contributed by atoms with van der Waals surface area (Å²) in [4.78, 5) is 13.5. The highest BCUT2D eigenvalue weighted by molar-refractivity contribution is 5.93. The van der Waals surface area contributed by atoms with Crippen LogP contribution in [-0.4, -0.2) is 34.1 Å². The maximum absolute atomic E-state index is 12.9. The fourth-order valence-corrected chi connectivity index (χ4v) is 1.78. The molecule has 1 aromatic heterocycles. The van der Waals surface area contributed by atoms with Crippen molar-refractivity contribution in [1.82, 2.24) is 15.1 Å². The van der Waals surface area contributed by atoms with Gasteiger partial charge in [0.25, 0.3) is 5.91 Å². The van der Waals surface area contributed by atoms with E-state index >= 15 is 0 Å².